The first kappa shape index (κ1) is 15.4. The summed E-state index contributed by atoms with van der Waals surface area (Å²) in [7, 11) is 0. The highest BCUT2D eigenvalue weighted by molar-refractivity contribution is 6.30. The van der Waals surface area contributed by atoms with Gasteiger partial charge >= 0.3 is 0 Å². The van der Waals surface area contributed by atoms with Crippen LogP contribution in [0.5, 0.6) is 0 Å². The molecule has 2 heterocycles. The molecule has 5 nitrogen and oxygen atoms in total. The molecule has 1 saturated carbocycles. The van der Waals surface area contributed by atoms with Gasteiger partial charge in [-0.1, -0.05) is 23.7 Å². The van der Waals surface area contributed by atoms with Crippen LogP contribution in [0.1, 0.15) is 25.7 Å². The molecule has 0 unspecified atom stereocenters. The SMILES string of the molecule is N[C@H]1CC[C@H](Nc2ccn3ncc(-c4cccc(Cl)c4)c3n2)CC1. The molecule has 3 aromatic rings. The van der Waals surface area contributed by atoms with Crippen LogP contribution >= 0.6 is 11.6 Å². The number of nitrogens with zero attached hydrogens (tertiary/aromatic N) is 3. The second-order valence-corrected chi connectivity index (χ2v) is 6.84. The zero-order chi connectivity index (χ0) is 16.5. The molecular weight excluding hydrogens is 322 g/mol. The van der Waals surface area contributed by atoms with Gasteiger partial charge in [0.15, 0.2) is 5.65 Å². The summed E-state index contributed by atoms with van der Waals surface area (Å²) in [4.78, 5) is 4.77. The summed E-state index contributed by atoms with van der Waals surface area (Å²) in [6.45, 7) is 0. The Morgan fingerprint density at radius 3 is 2.79 bits per heavy atom. The van der Waals surface area contributed by atoms with Gasteiger partial charge in [-0.2, -0.15) is 5.10 Å². The second kappa shape index (κ2) is 6.42. The zero-order valence-corrected chi connectivity index (χ0v) is 14.1. The fourth-order valence-electron chi connectivity index (χ4n) is 3.28. The number of hydrogen-bond donors (Lipinski definition) is 2. The number of nitrogens with two attached hydrogens (primary N) is 1. The van der Waals surface area contributed by atoms with E-state index in [9.17, 15) is 0 Å². The van der Waals surface area contributed by atoms with E-state index in [1.54, 1.807) is 4.52 Å². The lowest BCUT2D eigenvalue weighted by molar-refractivity contribution is 0.410. The van der Waals surface area contributed by atoms with Gasteiger partial charge in [-0.05, 0) is 49.4 Å². The molecule has 4 rings (SSSR count). The van der Waals surface area contributed by atoms with Crippen LogP contribution in [0.25, 0.3) is 16.8 Å². The Labute approximate surface area is 145 Å². The molecule has 24 heavy (non-hydrogen) atoms. The van der Waals surface area contributed by atoms with Gasteiger partial charge in [0.1, 0.15) is 5.82 Å². The first-order valence-corrected chi connectivity index (χ1v) is 8.69. The molecule has 1 aliphatic rings. The molecule has 1 fully saturated rings. The van der Waals surface area contributed by atoms with E-state index < -0.39 is 0 Å². The molecule has 124 valence electrons. The monoisotopic (exact) mass is 341 g/mol. The van der Waals surface area contributed by atoms with E-state index in [1.165, 1.54) is 0 Å². The second-order valence-electron chi connectivity index (χ2n) is 6.41. The normalized spacial score (nSPS) is 21.1. The third-order valence-corrected chi connectivity index (χ3v) is 4.86. The van der Waals surface area contributed by atoms with Gasteiger partial charge in [-0.3, -0.25) is 0 Å². The molecule has 0 atom stereocenters. The smallest absolute Gasteiger partial charge is 0.165 e. The van der Waals surface area contributed by atoms with E-state index >= 15 is 0 Å². The largest absolute Gasteiger partial charge is 0.367 e. The maximum Gasteiger partial charge on any atom is 0.165 e. The number of aromatic nitrogens is 3. The van der Waals surface area contributed by atoms with Crippen molar-refractivity contribution in [2.24, 2.45) is 5.73 Å². The Balaban J connectivity index is 1.63. The highest BCUT2D eigenvalue weighted by Crippen LogP contribution is 2.27. The fraction of sp³-hybridized carbons (Fsp3) is 0.333. The van der Waals surface area contributed by atoms with E-state index in [4.69, 9.17) is 22.3 Å². The maximum atomic E-state index is 6.11. The van der Waals surface area contributed by atoms with E-state index in [1.807, 2.05) is 42.7 Å². The van der Waals surface area contributed by atoms with E-state index in [-0.39, 0.29) is 0 Å². The standard InChI is InChI=1S/C18H20ClN5/c19-13-3-1-2-12(10-13)16-11-21-24-9-8-17(23-18(16)24)22-15-6-4-14(20)5-7-15/h1-3,8-11,14-15H,4-7,20H2,(H,22,23)/t14-,15-. The predicted octanol–water partition coefficient (Wildman–Crippen LogP) is 3.73. The number of halogens is 1. The van der Waals surface area contributed by atoms with Crippen LogP contribution in [0.15, 0.2) is 42.7 Å². The average Bonchev–Trinajstić information content (AvgIpc) is 3.00. The molecule has 3 N–H and O–H groups in total. The molecule has 0 bridgehead atoms. The van der Waals surface area contributed by atoms with Crippen LogP contribution in [0, 0.1) is 0 Å². The topological polar surface area (TPSA) is 68.2 Å². The fourth-order valence-corrected chi connectivity index (χ4v) is 3.47. The summed E-state index contributed by atoms with van der Waals surface area (Å²) in [5, 5.41) is 8.64. The van der Waals surface area contributed by atoms with E-state index in [2.05, 4.69) is 10.4 Å². The summed E-state index contributed by atoms with van der Waals surface area (Å²) < 4.78 is 1.79. The minimum absolute atomic E-state index is 0.350. The minimum atomic E-state index is 0.350. The van der Waals surface area contributed by atoms with Crippen LogP contribution in [-0.2, 0) is 0 Å². The van der Waals surface area contributed by atoms with Gasteiger partial charge < -0.3 is 11.1 Å². The van der Waals surface area contributed by atoms with Gasteiger partial charge in [0.2, 0.25) is 0 Å². The van der Waals surface area contributed by atoms with Crippen LogP contribution in [0.2, 0.25) is 5.02 Å². The minimum Gasteiger partial charge on any atom is -0.367 e. The number of rotatable bonds is 3. The molecule has 0 aliphatic heterocycles. The number of fused-ring (bicyclic) bond motifs is 1. The van der Waals surface area contributed by atoms with E-state index in [0.717, 1.165) is 48.3 Å². The quantitative estimate of drug-likeness (QED) is 0.761. The number of hydrogen-bond acceptors (Lipinski definition) is 4. The van der Waals surface area contributed by atoms with Gasteiger partial charge in [-0.15, -0.1) is 0 Å². The van der Waals surface area contributed by atoms with Crippen LogP contribution < -0.4 is 11.1 Å². The van der Waals surface area contributed by atoms with Crippen molar-refractivity contribution < 1.29 is 0 Å². The molecule has 0 spiro atoms. The Morgan fingerprint density at radius 2 is 2.00 bits per heavy atom. The summed E-state index contributed by atoms with van der Waals surface area (Å²) in [6, 6.07) is 10.5. The maximum absolute atomic E-state index is 6.11. The van der Waals surface area contributed by atoms with Gasteiger partial charge in [0.05, 0.1) is 6.20 Å². The van der Waals surface area contributed by atoms with Crippen molar-refractivity contribution >= 4 is 23.1 Å². The Bertz CT molecular complexity index is 851. The lowest BCUT2D eigenvalue weighted by Crippen LogP contribution is -2.33. The zero-order valence-electron chi connectivity index (χ0n) is 13.3. The molecule has 0 amide bonds. The summed E-state index contributed by atoms with van der Waals surface area (Å²) in [5.74, 6) is 0.881. The third-order valence-electron chi connectivity index (χ3n) is 4.63. The first-order valence-electron chi connectivity index (χ1n) is 8.31. The van der Waals surface area contributed by atoms with Crippen molar-refractivity contribution in [1.82, 2.24) is 14.6 Å². The molecule has 0 radical (unpaired) electrons. The highest BCUT2D eigenvalue weighted by atomic mass is 35.5. The van der Waals surface area contributed by atoms with Crippen LogP contribution in [-0.4, -0.2) is 26.7 Å². The van der Waals surface area contributed by atoms with Gasteiger partial charge in [0.25, 0.3) is 0 Å². The van der Waals surface area contributed by atoms with Crippen LogP contribution in [0.3, 0.4) is 0 Å². The lowest BCUT2D eigenvalue weighted by atomic mass is 9.92. The Hall–Kier alpha value is -2.11. The van der Waals surface area contributed by atoms with Crippen LogP contribution in [0.4, 0.5) is 5.82 Å². The van der Waals surface area contributed by atoms with E-state index in [0.29, 0.717) is 17.1 Å². The first-order chi connectivity index (χ1) is 11.7. The highest BCUT2D eigenvalue weighted by Gasteiger charge is 2.19. The van der Waals surface area contributed by atoms with Crippen molar-refractivity contribution in [2.75, 3.05) is 5.32 Å². The molecule has 1 aromatic carbocycles. The summed E-state index contributed by atoms with van der Waals surface area (Å²) in [6.07, 6.45) is 8.09. The Kier molecular flexibility index (Phi) is 4.12. The summed E-state index contributed by atoms with van der Waals surface area (Å²) in [5.41, 5.74) is 8.81. The Morgan fingerprint density at radius 1 is 1.17 bits per heavy atom. The molecular formula is C18H20ClN5. The van der Waals surface area contributed by atoms with Crippen molar-refractivity contribution in [3.63, 3.8) is 0 Å². The number of nitrogens with one attached hydrogen (secondary N) is 1. The average molecular weight is 342 g/mol. The molecule has 0 saturated heterocycles. The molecule has 2 aromatic heterocycles. The van der Waals surface area contributed by atoms with Crippen molar-refractivity contribution in [2.45, 2.75) is 37.8 Å². The van der Waals surface area contributed by atoms with Crippen molar-refractivity contribution in [3.8, 4) is 11.1 Å². The van der Waals surface area contributed by atoms with Crippen molar-refractivity contribution in [1.29, 1.82) is 0 Å². The van der Waals surface area contributed by atoms with Crippen molar-refractivity contribution in [3.05, 3.63) is 47.7 Å². The van der Waals surface area contributed by atoms with Gasteiger partial charge in [-0.25, -0.2) is 9.50 Å². The number of anilines is 1. The predicted molar refractivity (Wildman–Crippen MR) is 97.3 cm³/mol. The summed E-state index contributed by atoms with van der Waals surface area (Å²) >= 11 is 6.11. The molecule has 1 aliphatic carbocycles. The lowest BCUT2D eigenvalue weighted by Gasteiger charge is -2.27. The third kappa shape index (κ3) is 3.09. The molecule has 6 heteroatoms. The number of benzene rings is 1. The van der Waals surface area contributed by atoms with Gasteiger partial charge in [0, 0.05) is 28.9 Å².